The number of amides is 1. The van der Waals surface area contributed by atoms with E-state index in [0.717, 1.165) is 6.92 Å². The van der Waals surface area contributed by atoms with Crippen molar-refractivity contribution in [3.8, 4) is 0 Å². The number of nitrogens with one attached hydrogen (secondary N) is 1. The van der Waals surface area contributed by atoms with Crippen molar-refractivity contribution in [2.45, 2.75) is 64.0 Å². The zero-order chi connectivity index (χ0) is 29.4. The molecule has 0 saturated carbocycles. The van der Waals surface area contributed by atoms with Crippen LogP contribution in [0.1, 0.15) is 33.6 Å². The third kappa shape index (κ3) is 3.70. The van der Waals surface area contributed by atoms with Gasteiger partial charge < -0.3 is 19.9 Å². The van der Waals surface area contributed by atoms with Crippen LogP contribution in [0.25, 0.3) is 0 Å². The van der Waals surface area contributed by atoms with Crippen LogP contribution in [0.15, 0.2) is 45.0 Å². The number of nitrogens with zero attached hydrogens (tertiary/aromatic N) is 2. The van der Waals surface area contributed by atoms with Gasteiger partial charge in [-0.25, -0.2) is 0 Å². The first kappa shape index (κ1) is 27.8. The fourth-order valence-corrected chi connectivity index (χ4v) is 6.94. The number of ketones is 5. The molecule has 3 aliphatic heterocycles. The average Bonchev–Trinajstić information content (AvgIpc) is 2.91. The SMILES string of the molecule is COC1=C(C)C(=O)C2=C(C1=O)C(CNC(=O)C(C)=O)N1C(C2)[C@H]2C3=C(C[C@@H](C1O)N2C)C(=O)C(C)=C(OC)C3=O. The summed E-state index contributed by atoms with van der Waals surface area (Å²) >= 11 is 0. The van der Waals surface area contributed by atoms with Gasteiger partial charge in [0.25, 0.3) is 5.91 Å². The monoisotopic (exact) mass is 553 g/mol. The molecule has 12 heteroatoms. The molecule has 1 fully saturated rings. The highest BCUT2D eigenvalue weighted by atomic mass is 16.5. The molecule has 0 aromatic carbocycles. The van der Waals surface area contributed by atoms with Crippen LogP contribution < -0.4 is 5.32 Å². The number of fused-ring (bicyclic) bond motifs is 5. The highest BCUT2D eigenvalue weighted by Gasteiger charge is 2.59. The summed E-state index contributed by atoms with van der Waals surface area (Å²) in [5.74, 6) is -3.54. The van der Waals surface area contributed by atoms with E-state index in [1.807, 2.05) is 4.90 Å². The van der Waals surface area contributed by atoms with Gasteiger partial charge in [-0.05, 0) is 33.7 Å². The number of rotatable bonds is 5. The number of allylic oxidation sites excluding steroid dienone is 4. The van der Waals surface area contributed by atoms with Crippen molar-refractivity contribution in [3.63, 3.8) is 0 Å². The summed E-state index contributed by atoms with van der Waals surface area (Å²) in [5, 5.41) is 14.3. The Morgan fingerprint density at radius 3 is 1.90 bits per heavy atom. The number of carbonyl (C=O) groups is 6. The first-order valence-electron chi connectivity index (χ1n) is 13.0. The number of methoxy groups -OCH3 is 2. The van der Waals surface area contributed by atoms with E-state index in [-0.39, 0.29) is 64.6 Å². The molecule has 3 heterocycles. The minimum atomic E-state index is -1.24. The van der Waals surface area contributed by atoms with Crippen molar-refractivity contribution in [1.29, 1.82) is 0 Å². The maximum Gasteiger partial charge on any atom is 0.287 e. The molecule has 0 aromatic heterocycles. The molecule has 1 amide bonds. The third-order valence-electron chi connectivity index (χ3n) is 8.82. The standard InChI is InChI=1S/C28H31N3O9/c1-10-21(33)13-7-15-20-19-14(22(34)11(2)26(40-6)24(19)36)8-16(30(20)4)28(38)31(15)17(9-29-27(37)12(3)32)18(13)23(35)25(10)39-5/h15-17,20,28,38H,7-9H2,1-6H3,(H,29,37)/t15?,16-,17?,20-,28?/m0/s1. The van der Waals surface area contributed by atoms with Crippen molar-refractivity contribution in [2.75, 3.05) is 27.8 Å². The lowest BCUT2D eigenvalue weighted by atomic mass is 9.68. The number of carbonyl (C=O) groups excluding carboxylic acids is 6. The van der Waals surface area contributed by atoms with Gasteiger partial charge >= 0.3 is 0 Å². The fraction of sp³-hybridized carbons (Fsp3) is 0.500. The maximum absolute atomic E-state index is 13.7. The van der Waals surface area contributed by atoms with Crippen LogP contribution in [0.2, 0.25) is 0 Å². The Morgan fingerprint density at radius 2 is 1.38 bits per heavy atom. The van der Waals surface area contributed by atoms with E-state index in [9.17, 15) is 33.9 Å². The fourth-order valence-electron chi connectivity index (χ4n) is 6.94. The molecule has 2 N–H and O–H groups in total. The van der Waals surface area contributed by atoms with E-state index >= 15 is 0 Å². The zero-order valence-electron chi connectivity index (χ0n) is 23.1. The first-order valence-corrected chi connectivity index (χ1v) is 13.0. The van der Waals surface area contributed by atoms with Gasteiger partial charge in [0.05, 0.1) is 32.3 Å². The van der Waals surface area contributed by atoms with Crippen LogP contribution in [-0.2, 0) is 38.2 Å². The molecule has 5 rings (SSSR count). The van der Waals surface area contributed by atoms with E-state index < -0.39 is 59.4 Å². The number of aliphatic hydroxyl groups is 1. The lowest BCUT2D eigenvalue weighted by Crippen LogP contribution is -2.74. The highest BCUT2D eigenvalue weighted by Crippen LogP contribution is 2.48. The van der Waals surface area contributed by atoms with Crippen LogP contribution >= 0.6 is 0 Å². The number of aliphatic hydroxyl groups excluding tert-OH is 1. The van der Waals surface area contributed by atoms with Crippen molar-refractivity contribution in [1.82, 2.24) is 15.1 Å². The molecule has 212 valence electrons. The Hall–Kier alpha value is -3.74. The van der Waals surface area contributed by atoms with Crippen LogP contribution in [0, 0.1) is 0 Å². The van der Waals surface area contributed by atoms with Crippen molar-refractivity contribution in [2.24, 2.45) is 0 Å². The molecule has 2 bridgehead atoms. The van der Waals surface area contributed by atoms with Crippen LogP contribution in [0.4, 0.5) is 0 Å². The Kier molecular flexibility index (Phi) is 6.76. The lowest BCUT2D eigenvalue weighted by Gasteiger charge is -2.60. The molecule has 0 radical (unpaired) electrons. The summed E-state index contributed by atoms with van der Waals surface area (Å²) in [6.07, 6.45) is -1.18. The van der Waals surface area contributed by atoms with Crippen LogP contribution in [0.3, 0.4) is 0 Å². The Balaban J connectivity index is 1.68. The second-order valence-electron chi connectivity index (χ2n) is 10.7. The van der Waals surface area contributed by atoms with Gasteiger partial charge in [-0.3, -0.25) is 38.6 Å². The van der Waals surface area contributed by atoms with E-state index in [1.54, 1.807) is 11.9 Å². The van der Waals surface area contributed by atoms with Crippen molar-refractivity contribution in [3.05, 3.63) is 45.0 Å². The summed E-state index contributed by atoms with van der Waals surface area (Å²) in [4.78, 5) is 81.7. The Morgan fingerprint density at radius 1 is 0.875 bits per heavy atom. The zero-order valence-corrected chi connectivity index (χ0v) is 23.1. The van der Waals surface area contributed by atoms with Gasteiger partial charge in [0.1, 0.15) is 6.23 Å². The van der Waals surface area contributed by atoms with Crippen molar-refractivity contribution < 1.29 is 43.3 Å². The molecule has 5 atom stereocenters. The topological polar surface area (TPSA) is 160 Å². The minimum Gasteiger partial charge on any atom is -0.492 e. The maximum atomic E-state index is 13.7. The van der Waals surface area contributed by atoms with Gasteiger partial charge in [0.15, 0.2) is 23.1 Å². The molecular formula is C28H31N3O9. The van der Waals surface area contributed by atoms with Crippen molar-refractivity contribution >= 4 is 34.8 Å². The average molecular weight is 554 g/mol. The van der Waals surface area contributed by atoms with Gasteiger partial charge in [-0.1, -0.05) is 0 Å². The molecule has 40 heavy (non-hydrogen) atoms. The minimum absolute atomic E-state index is 0.00650. The second kappa shape index (κ2) is 9.72. The predicted molar refractivity (Wildman–Crippen MR) is 137 cm³/mol. The highest BCUT2D eigenvalue weighted by molar-refractivity contribution is 6.35. The second-order valence-corrected chi connectivity index (χ2v) is 10.7. The number of Topliss-reactive ketones (excluding diaryl/α,β-unsaturated/α-hetero) is 5. The summed E-state index contributed by atoms with van der Waals surface area (Å²) in [7, 11) is 4.35. The Labute approximate surface area is 230 Å². The molecule has 12 nitrogen and oxygen atoms in total. The molecule has 5 aliphatic rings. The molecule has 0 spiro atoms. The summed E-state index contributed by atoms with van der Waals surface area (Å²) < 4.78 is 10.6. The Bertz CT molecular complexity index is 1430. The predicted octanol–water partition coefficient (Wildman–Crippen LogP) is -0.723. The van der Waals surface area contributed by atoms with Crippen LogP contribution in [-0.4, -0.2) is 108 Å². The van der Waals surface area contributed by atoms with Gasteiger partial charge in [-0.2, -0.15) is 0 Å². The van der Waals surface area contributed by atoms with Crippen LogP contribution in [0.5, 0.6) is 0 Å². The molecule has 2 aliphatic carbocycles. The number of hydrogen-bond acceptors (Lipinski definition) is 11. The largest absolute Gasteiger partial charge is 0.492 e. The van der Waals surface area contributed by atoms with Gasteiger partial charge in [0.2, 0.25) is 17.3 Å². The number of likely N-dealkylation sites (N-methyl/N-ethyl adjacent to an activating group) is 1. The molecular weight excluding hydrogens is 522 g/mol. The lowest BCUT2D eigenvalue weighted by molar-refractivity contribution is -0.161. The summed E-state index contributed by atoms with van der Waals surface area (Å²) in [5.41, 5.74) is 1.12. The quantitative estimate of drug-likeness (QED) is 0.327. The summed E-state index contributed by atoms with van der Waals surface area (Å²) in [6, 6.07) is -3.13. The summed E-state index contributed by atoms with van der Waals surface area (Å²) in [6.45, 7) is 3.86. The number of piperazine rings is 1. The van der Waals surface area contributed by atoms with E-state index in [0.29, 0.717) is 5.57 Å². The normalized spacial score (nSPS) is 30.8. The van der Waals surface area contributed by atoms with E-state index in [1.165, 1.54) is 28.1 Å². The number of ether oxygens (including phenoxy) is 2. The third-order valence-corrected chi connectivity index (χ3v) is 8.82. The molecule has 0 aromatic rings. The van der Waals surface area contributed by atoms with Gasteiger partial charge in [-0.15, -0.1) is 0 Å². The van der Waals surface area contributed by atoms with Gasteiger partial charge in [0, 0.05) is 52.9 Å². The van der Waals surface area contributed by atoms with E-state index in [4.69, 9.17) is 9.47 Å². The number of hydrogen-bond donors (Lipinski definition) is 2. The molecule has 3 unspecified atom stereocenters. The smallest absolute Gasteiger partial charge is 0.287 e. The van der Waals surface area contributed by atoms with E-state index in [2.05, 4.69) is 5.32 Å². The first-order chi connectivity index (χ1) is 18.9. The molecule has 1 saturated heterocycles.